The average molecular weight is 149 g/mol. The van der Waals surface area contributed by atoms with Gasteiger partial charge < -0.3 is 0 Å². The second kappa shape index (κ2) is 3.31. The number of hydrogen-bond donors (Lipinski definition) is 0. The van der Waals surface area contributed by atoms with Crippen LogP contribution in [0.3, 0.4) is 0 Å². The Morgan fingerprint density at radius 3 is 1.88 bits per heavy atom. The SMILES string of the molecule is C=C[Si](Cl)(CC)CC. The van der Waals surface area contributed by atoms with Gasteiger partial charge in [-0.05, 0) is 12.1 Å². The predicted molar refractivity (Wildman–Crippen MR) is 42.8 cm³/mol. The highest BCUT2D eigenvalue weighted by Gasteiger charge is 2.20. The highest BCUT2D eigenvalue weighted by atomic mass is 35.6. The highest BCUT2D eigenvalue weighted by molar-refractivity contribution is 7.23. The highest BCUT2D eigenvalue weighted by Crippen LogP contribution is 2.19. The van der Waals surface area contributed by atoms with Crippen LogP contribution in [0.5, 0.6) is 0 Å². The third-order valence-electron chi connectivity index (χ3n) is 1.54. The van der Waals surface area contributed by atoms with Crippen LogP contribution in [0.15, 0.2) is 12.3 Å². The molecular weight excluding hydrogens is 136 g/mol. The first-order chi connectivity index (χ1) is 3.68. The van der Waals surface area contributed by atoms with Crippen molar-refractivity contribution < 1.29 is 0 Å². The number of rotatable bonds is 3. The molecule has 0 unspecified atom stereocenters. The third-order valence-corrected chi connectivity index (χ3v) is 6.69. The zero-order valence-electron chi connectivity index (χ0n) is 5.58. The first kappa shape index (κ1) is 8.25. The van der Waals surface area contributed by atoms with Gasteiger partial charge in [0.1, 0.15) is 0 Å². The summed E-state index contributed by atoms with van der Waals surface area (Å²) in [5.41, 5.74) is 1.95. The molecule has 0 bridgehead atoms. The van der Waals surface area contributed by atoms with Crippen LogP contribution in [0.25, 0.3) is 0 Å². The van der Waals surface area contributed by atoms with Crippen LogP contribution in [-0.4, -0.2) is 7.38 Å². The summed E-state index contributed by atoms with van der Waals surface area (Å²) in [6.45, 7) is 7.96. The van der Waals surface area contributed by atoms with Crippen LogP contribution < -0.4 is 0 Å². The van der Waals surface area contributed by atoms with E-state index in [-0.39, 0.29) is 0 Å². The summed E-state index contributed by atoms with van der Waals surface area (Å²) in [5.74, 6) is 0. The molecule has 2 heteroatoms. The van der Waals surface area contributed by atoms with Gasteiger partial charge in [-0.3, -0.25) is 0 Å². The molecule has 48 valence electrons. The van der Waals surface area contributed by atoms with Crippen molar-refractivity contribution >= 4 is 18.5 Å². The van der Waals surface area contributed by atoms with E-state index in [1.54, 1.807) is 0 Å². The second-order valence-electron chi connectivity index (χ2n) is 1.95. The molecule has 0 radical (unpaired) electrons. The predicted octanol–water partition coefficient (Wildman–Crippen LogP) is 2.94. The van der Waals surface area contributed by atoms with Gasteiger partial charge in [0, 0.05) is 0 Å². The van der Waals surface area contributed by atoms with Gasteiger partial charge in [0.15, 0.2) is 7.38 Å². The molecule has 0 saturated heterocycles. The Balaban J connectivity index is 3.76. The van der Waals surface area contributed by atoms with Crippen molar-refractivity contribution in [2.24, 2.45) is 0 Å². The van der Waals surface area contributed by atoms with E-state index in [9.17, 15) is 0 Å². The first-order valence-corrected chi connectivity index (χ1v) is 6.51. The lowest BCUT2D eigenvalue weighted by Crippen LogP contribution is -2.20. The van der Waals surface area contributed by atoms with Crippen LogP contribution in [0.1, 0.15) is 13.8 Å². The molecule has 0 aliphatic carbocycles. The van der Waals surface area contributed by atoms with E-state index >= 15 is 0 Å². The van der Waals surface area contributed by atoms with Gasteiger partial charge in [-0.25, -0.2) is 0 Å². The summed E-state index contributed by atoms with van der Waals surface area (Å²) < 4.78 is 0. The maximum atomic E-state index is 6.11. The van der Waals surface area contributed by atoms with Crippen LogP contribution in [0, 0.1) is 0 Å². The fraction of sp³-hybridized carbons (Fsp3) is 0.667. The lowest BCUT2D eigenvalue weighted by atomic mass is 10.9. The second-order valence-corrected chi connectivity index (χ2v) is 8.10. The molecule has 0 aromatic rings. The quantitative estimate of drug-likeness (QED) is 0.427. The summed E-state index contributed by atoms with van der Waals surface area (Å²) >= 11 is 6.11. The Hall–Kier alpha value is 0.247. The summed E-state index contributed by atoms with van der Waals surface area (Å²) in [6.07, 6.45) is 0. The van der Waals surface area contributed by atoms with E-state index in [0.29, 0.717) is 0 Å². The molecule has 0 nitrogen and oxygen atoms in total. The summed E-state index contributed by atoms with van der Waals surface area (Å²) in [6, 6.07) is 2.21. The van der Waals surface area contributed by atoms with E-state index in [1.807, 2.05) is 5.70 Å². The standard InChI is InChI=1S/C6H13ClSi/c1-4-8(7,5-2)6-3/h4H,1,5-6H2,2-3H3. The first-order valence-electron chi connectivity index (χ1n) is 3.01. The molecule has 0 aliphatic rings. The smallest absolute Gasteiger partial charge is 0.162 e. The van der Waals surface area contributed by atoms with Gasteiger partial charge in [-0.1, -0.05) is 19.5 Å². The molecule has 0 aliphatic heterocycles. The van der Waals surface area contributed by atoms with Crippen molar-refractivity contribution in [3.8, 4) is 0 Å². The Bertz CT molecular complexity index is 76.6. The monoisotopic (exact) mass is 148 g/mol. The fourth-order valence-corrected chi connectivity index (χ4v) is 1.62. The van der Waals surface area contributed by atoms with Crippen molar-refractivity contribution in [3.05, 3.63) is 12.3 Å². The van der Waals surface area contributed by atoms with Crippen LogP contribution in [0.4, 0.5) is 0 Å². The van der Waals surface area contributed by atoms with Crippen LogP contribution >= 0.6 is 11.1 Å². The Kier molecular flexibility index (Phi) is 3.41. The molecule has 0 fully saturated rings. The zero-order valence-corrected chi connectivity index (χ0v) is 7.33. The van der Waals surface area contributed by atoms with E-state index in [2.05, 4.69) is 20.4 Å². The van der Waals surface area contributed by atoms with Crippen molar-refractivity contribution in [1.29, 1.82) is 0 Å². The van der Waals surface area contributed by atoms with E-state index in [0.717, 1.165) is 12.1 Å². The van der Waals surface area contributed by atoms with Crippen LogP contribution in [-0.2, 0) is 0 Å². The topological polar surface area (TPSA) is 0 Å². The molecule has 0 amide bonds. The number of hydrogen-bond acceptors (Lipinski definition) is 0. The van der Waals surface area contributed by atoms with E-state index in [4.69, 9.17) is 11.1 Å². The van der Waals surface area contributed by atoms with Gasteiger partial charge in [0.25, 0.3) is 0 Å². The zero-order chi connectivity index (χ0) is 6.62. The third kappa shape index (κ3) is 2.01. The minimum absolute atomic E-state index is 1.11. The summed E-state index contributed by atoms with van der Waals surface area (Å²) in [5, 5.41) is 0. The molecular formula is C6H13ClSi. The maximum Gasteiger partial charge on any atom is 0.178 e. The van der Waals surface area contributed by atoms with Crippen molar-refractivity contribution in [3.63, 3.8) is 0 Å². The van der Waals surface area contributed by atoms with E-state index < -0.39 is 7.38 Å². The molecule has 0 saturated carbocycles. The number of halogens is 1. The fourth-order valence-electron chi connectivity index (χ4n) is 0.539. The maximum absolute atomic E-state index is 6.11. The summed E-state index contributed by atoms with van der Waals surface area (Å²) in [7, 11) is -1.44. The van der Waals surface area contributed by atoms with Crippen molar-refractivity contribution in [2.75, 3.05) is 0 Å². The largest absolute Gasteiger partial charge is 0.178 e. The van der Waals surface area contributed by atoms with Crippen LogP contribution in [0.2, 0.25) is 12.1 Å². The van der Waals surface area contributed by atoms with Gasteiger partial charge >= 0.3 is 0 Å². The minimum Gasteiger partial charge on any atom is -0.162 e. The minimum atomic E-state index is -1.44. The molecule has 0 aromatic carbocycles. The van der Waals surface area contributed by atoms with Gasteiger partial charge in [0.2, 0.25) is 0 Å². The van der Waals surface area contributed by atoms with Gasteiger partial charge in [-0.2, -0.15) is 11.1 Å². The lowest BCUT2D eigenvalue weighted by molar-refractivity contribution is 1.31. The Morgan fingerprint density at radius 2 is 1.88 bits per heavy atom. The van der Waals surface area contributed by atoms with E-state index in [1.165, 1.54) is 0 Å². The normalized spacial score (nSPS) is 11.4. The van der Waals surface area contributed by atoms with Crippen molar-refractivity contribution in [1.82, 2.24) is 0 Å². The molecule has 0 heterocycles. The molecule has 0 atom stereocenters. The molecule has 8 heavy (non-hydrogen) atoms. The van der Waals surface area contributed by atoms with Gasteiger partial charge in [0.05, 0.1) is 0 Å². The Morgan fingerprint density at radius 1 is 1.50 bits per heavy atom. The molecule has 0 aromatic heterocycles. The average Bonchev–Trinajstić information content (AvgIpc) is 1.87. The van der Waals surface area contributed by atoms with Crippen molar-refractivity contribution in [2.45, 2.75) is 25.9 Å². The lowest BCUT2D eigenvalue weighted by Gasteiger charge is -2.13. The molecule has 0 N–H and O–H groups in total. The Labute approximate surface area is 57.3 Å². The van der Waals surface area contributed by atoms with Gasteiger partial charge in [-0.15, -0.1) is 6.58 Å². The molecule has 0 rings (SSSR count). The molecule has 0 spiro atoms. The summed E-state index contributed by atoms with van der Waals surface area (Å²) in [4.78, 5) is 0.